The number of unbranched alkanes of at least 4 members (excludes halogenated alkanes) is 1. The van der Waals surface area contributed by atoms with Crippen molar-refractivity contribution in [2.24, 2.45) is 0 Å². The molecule has 0 aliphatic rings. The average molecular weight is 303 g/mol. The summed E-state index contributed by atoms with van der Waals surface area (Å²) in [6.45, 7) is 1.88. The van der Waals surface area contributed by atoms with Crippen LogP contribution in [0.25, 0.3) is 0 Å². The van der Waals surface area contributed by atoms with Crippen LogP contribution in [0.2, 0.25) is 0 Å². The first kappa shape index (κ1) is 16.6. The number of hydrogen-bond donors (Lipinski definition) is 2. The fraction of sp³-hybridized carbons (Fsp3) is 0.462. The molecule has 0 heterocycles. The van der Waals surface area contributed by atoms with E-state index in [0.717, 1.165) is 12.5 Å². The van der Waals surface area contributed by atoms with E-state index in [-0.39, 0.29) is 12.0 Å². The fourth-order valence-electron chi connectivity index (χ4n) is 1.72. The molecule has 1 rings (SSSR count). The van der Waals surface area contributed by atoms with Gasteiger partial charge in [0, 0.05) is 5.56 Å². The van der Waals surface area contributed by atoms with Crippen molar-refractivity contribution in [3.8, 4) is 0 Å². The number of nitrogens with one attached hydrogen (secondary N) is 1. The second-order valence-corrected chi connectivity index (χ2v) is 6.26. The first-order valence-corrected chi connectivity index (χ1v) is 7.97. The molecule has 0 aromatic heterocycles. The van der Waals surface area contributed by atoms with Gasteiger partial charge in [-0.1, -0.05) is 38.0 Å². The molecule has 7 heteroatoms. The smallest absolute Gasteiger partial charge is 0.321 e. The first-order valence-electron chi connectivity index (χ1n) is 6.32. The van der Waals surface area contributed by atoms with Crippen molar-refractivity contribution in [1.82, 2.24) is 4.72 Å². The number of sulfonamides is 1. The van der Waals surface area contributed by atoms with Crippen LogP contribution in [0.1, 0.15) is 31.7 Å². The van der Waals surface area contributed by atoms with Crippen molar-refractivity contribution in [1.29, 1.82) is 0 Å². The van der Waals surface area contributed by atoms with Gasteiger partial charge in [-0.05, 0) is 12.5 Å². The van der Waals surface area contributed by atoms with Crippen LogP contribution in [0.15, 0.2) is 24.3 Å². The quantitative estimate of drug-likeness (QED) is 0.768. The van der Waals surface area contributed by atoms with Gasteiger partial charge in [0.05, 0.1) is 5.75 Å². The van der Waals surface area contributed by atoms with Crippen molar-refractivity contribution < 1.29 is 22.7 Å². The standard InChI is InChI=1S/C13H18FNO4S/c1-2-3-8-12(13(16)17)15-20(18,19)9-10-6-4-5-7-11(10)14/h4-7,12,15H,2-3,8-9H2,1H3,(H,16,17)/t12-/m0/s1. The number of carbonyl (C=O) groups is 1. The van der Waals surface area contributed by atoms with Crippen molar-refractivity contribution in [3.63, 3.8) is 0 Å². The normalized spacial score (nSPS) is 13.1. The molecular weight excluding hydrogens is 285 g/mol. The Morgan fingerprint density at radius 2 is 2.05 bits per heavy atom. The summed E-state index contributed by atoms with van der Waals surface area (Å²) in [6.07, 6.45) is 1.57. The van der Waals surface area contributed by atoms with Gasteiger partial charge in [0.25, 0.3) is 0 Å². The van der Waals surface area contributed by atoms with Crippen LogP contribution in [0.4, 0.5) is 4.39 Å². The molecule has 5 nitrogen and oxygen atoms in total. The molecular formula is C13H18FNO4S. The number of hydrogen-bond acceptors (Lipinski definition) is 3. The van der Waals surface area contributed by atoms with E-state index in [4.69, 9.17) is 5.11 Å². The maximum Gasteiger partial charge on any atom is 0.321 e. The monoisotopic (exact) mass is 303 g/mol. The van der Waals surface area contributed by atoms with Crippen molar-refractivity contribution in [2.45, 2.75) is 38.0 Å². The Hall–Kier alpha value is -1.47. The molecule has 0 bridgehead atoms. The third kappa shape index (κ3) is 5.26. The van der Waals surface area contributed by atoms with Crippen LogP contribution in [-0.4, -0.2) is 25.5 Å². The third-order valence-electron chi connectivity index (χ3n) is 2.77. The first-order chi connectivity index (χ1) is 9.35. The predicted octanol–water partition coefficient (Wildman–Crippen LogP) is 1.89. The number of carboxylic acid groups (broad SMARTS) is 1. The highest BCUT2D eigenvalue weighted by Gasteiger charge is 2.24. The Bertz CT molecular complexity index is 559. The Morgan fingerprint density at radius 3 is 2.60 bits per heavy atom. The molecule has 2 N–H and O–H groups in total. The van der Waals surface area contributed by atoms with Gasteiger partial charge in [-0.15, -0.1) is 0 Å². The summed E-state index contributed by atoms with van der Waals surface area (Å²) in [4.78, 5) is 11.0. The Morgan fingerprint density at radius 1 is 1.40 bits per heavy atom. The van der Waals surface area contributed by atoms with E-state index in [1.54, 1.807) is 0 Å². The van der Waals surface area contributed by atoms with Crippen LogP contribution < -0.4 is 4.72 Å². The average Bonchev–Trinajstić information content (AvgIpc) is 2.36. The molecule has 112 valence electrons. The zero-order valence-electron chi connectivity index (χ0n) is 11.2. The fourth-order valence-corrected chi connectivity index (χ4v) is 3.10. The molecule has 0 spiro atoms. The molecule has 0 fully saturated rings. The van der Waals surface area contributed by atoms with E-state index in [0.29, 0.717) is 6.42 Å². The number of carboxylic acids is 1. The Balaban J connectivity index is 2.78. The molecule has 1 atom stereocenters. The van der Waals surface area contributed by atoms with E-state index in [1.807, 2.05) is 6.92 Å². The van der Waals surface area contributed by atoms with E-state index >= 15 is 0 Å². The van der Waals surface area contributed by atoms with E-state index in [9.17, 15) is 17.6 Å². The second kappa shape index (κ2) is 7.35. The summed E-state index contributed by atoms with van der Waals surface area (Å²) in [5.41, 5.74) is 0.0135. The van der Waals surface area contributed by atoms with Crippen LogP contribution in [0, 0.1) is 5.82 Å². The zero-order chi connectivity index (χ0) is 15.2. The number of aliphatic carboxylic acids is 1. The van der Waals surface area contributed by atoms with Crippen LogP contribution >= 0.6 is 0 Å². The molecule has 0 unspecified atom stereocenters. The van der Waals surface area contributed by atoms with E-state index in [2.05, 4.69) is 4.72 Å². The summed E-state index contributed by atoms with van der Waals surface area (Å²) < 4.78 is 39.3. The highest BCUT2D eigenvalue weighted by molar-refractivity contribution is 7.88. The van der Waals surface area contributed by atoms with Gasteiger partial charge in [0.1, 0.15) is 11.9 Å². The molecule has 0 aliphatic heterocycles. The SMILES string of the molecule is CCCC[C@H](NS(=O)(=O)Cc1ccccc1F)C(=O)O. The third-order valence-corrected chi connectivity index (χ3v) is 4.10. The zero-order valence-corrected chi connectivity index (χ0v) is 12.0. The van der Waals surface area contributed by atoms with Gasteiger partial charge in [-0.2, -0.15) is 0 Å². The van der Waals surface area contributed by atoms with Crippen LogP contribution in [0.5, 0.6) is 0 Å². The maximum absolute atomic E-state index is 13.4. The highest BCUT2D eigenvalue weighted by Crippen LogP contribution is 2.11. The largest absolute Gasteiger partial charge is 0.480 e. The number of rotatable bonds is 8. The summed E-state index contributed by atoms with van der Waals surface area (Å²) in [6, 6.07) is 4.33. The van der Waals surface area contributed by atoms with Crippen molar-refractivity contribution in [3.05, 3.63) is 35.6 Å². The minimum atomic E-state index is -3.90. The molecule has 0 saturated heterocycles. The van der Waals surface area contributed by atoms with Crippen LogP contribution in [-0.2, 0) is 20.6 Å². The van der Waals surface area contributed by atoms with Gasteiger partial charge in [-0.25, -0.2) is 17.5 Å². The molecule has 0 saturated carbocycles. The van der Waals surface area contributed by atoms with Gasteiger partial charge < -0.3 is 5.11 Å². The van der Waals surface area contributed by atoms with Gasteiger partial charge in [-0.3, -0.25) is 4.79 Å². The topological polar surface area (TPSA) is 83.5 Å². The van der Waals surface area contributed by atoms with Gasteiger partial charge in [0.15, 0.2) is 0 Å². The lowest BCUT2D eigenvalue weighted by molar-refractivity contribution is -0.139. The lowest BCUT2D eigenvalue weighted by Crippen LogP contribution is -2.41. The second-order valence-electron chi connectivity index (χ2n) is 4.50. The van der Waals surface area contributed by atoms with Crippen LogP contribution in [0.3, 0.4) is 0 Å². The predicted molar refractivity (Wildman–Crippen MR) is 73.1 cm³/mol. The number of benzene rings is 1. The highest BCUT2D eigenvalue weighted by atomic mass is 32.2. The number of halogens is 1. The van der Waals surface area contributed by atoms with Gasteiger partial charge >= 0.3 is 5.97 Å². The molecule has 0 amide bonds. The summed E-state index contributed by atoms with van der Waals surface area (Å²) >= 11 is 0. The molecule has 0 radical (unpaired) electrons. The molecule has 1 aromatic carbocycles. The Labute approximate surface area is 117 Å². The molecule has 20 heavy (non-hydrogen) atoms. The van der Waals surface area contributed by atoms with Crippen molar-refractivity contribution >= 4 is 16.0 Å². The van der Waals surface area contributed by atoms with E-state index < -0.39 is 33.6 Å². The summed E-state index contributed by atoms with van der Waals surface area (Å²) in [5, 5.41) is 8.98. The maximum atomic E-state index is 13.4. The molecule has 0 aliphatic carbocycles. The van der Waals surface area contributed by atoms with Gasteiger partial charge in [0.2, 0.25) is 10.0 Å². The lowest BCUT2D eigenvalue weighted by atomic mass is 10.1. The summed E-state index contributed by atoms with van der Waals surface area (Å²) in [7, 11) is -3.90. The Kier molecular flexibility index (Phi) is 6.09. The summed E-state index contributed by atoms with van der Waals surface area (Å²) in [5.74, 6) is -2.43. The minimum absolute atomic E-state index is 0.0135. The molecule has 1 aromatic rings. The van der Waals surface area contributed by atoms with E-state index in [1.165, 1.54) is 18.2 Å². The lowest BCUT2D eigenvalue weighted by Gasteiger charge is -2.14. The minimum Gasteiger partial charge on any atom is -0.480 e. The van der Waals surface area contributed by atoms with Crippen molar-refractivity contribution in [2.75, 3.05) is 0 Å².